The van der Waals surface area contributed by atoms with Gasteiger partial charge >= 0.3 is 0 Å². The Balaban J connectivity index is 1.41. The first kappa shape index (κ1) is 16.3. The molecule has 0 radical (unpaired) electrons. The fourth-order valence-electron chi connectivity index (χ4n) is 3.37. The smallest absolute Gasteiger partial charge is 0.167 e. The maximum Gasteiger partial charge on any atom is 0.167 e. The third kappa shape index (κ3) is 2.94. The zero-order valence-electron chi connectivity index (χ0n) is 14.6. The molecule has 27 heavy (non-hydrogen) atoms. The highest BCUT2D eigenvalue weighted by molar-refractivity contribution is 7.21. The predicted molar refractivity (Wildman–Crippen MR) is 105 cm³/mol. The van der Waals surface area contributed by atoms with Gasteiger partial charge in [0.25, 0.3) is 0 Å². The molecule has 0 saturated heterocycles. The number of anilines is 1. The quantitative estimate of drug-likeness (QED) is 0.522. The Morgan fingerprint density at radius 2 is 2.11 bits per heavy atom. The first-order valence-electron chi connectivity index (χ1n) is 8.72. The molecule has 5 nitrogen and oxygen atoms in total. The molecule has 1 unspecified atom stereocenters. The lowest BCUT2D eigenvalue weighted by molar-refractivity contribution is 0.387. The summed E-state index contributed by atoms with van der Waals surface area (Å²) in [6, 6.07) is 14.0. The molecule has 2 atom stereocenters. The molecular weight excluding hydrogens is 363 g/mol. The number of ether oxygens (including phenoxy) is 1. The zero-order valence-corrected chi connectivity index (χ0v) is 15.4. The molecule has 2 N–H and O–H groups in total. The van der Waals surface area contributed by atoms with Gasteiger partial charge in [0, 0.05) is 24.1 Å². The monoisotopic (exact) mass is 380 g/mol. The number of aromatic amines is 1. The third-order valence-electron chi connectivity index (χ3n) is 4.88. The highest BCUT2D eigenvalue weighted by Crippen LogP contribution is 2.44. The van der Waals surface area contributed by atoms with E-state index in [1.807, 2.05) is 6.07 Å². The summed E-state index contributed by atoms with van der Waals surface area (Å²) in [5.41, 5.74) is 2.86. The number of thiazole rings is 1. The van der Waals surface area contributed by atoms with Gasteiger partial charge in [0.1, 0.15) is 10.8 Å². The first-order chi connectivity index (χ1) is 13.2. The predicted octanol–water partition coefficient (Wildman–Crippen LogP) is 4.80. The Labute approximate surface area is 159 Å². The molecule has 1 saturated carbocycles. The molecule has 2 heterocycles. The molecule has 136 valence electrons. The SMILES string of the molecule is COc1cc2sc(-c3cn[nH]c3N[C@H]3CC3c3ccccc3)nc2cc1F. The van der Waals surface area contributed by atoms with Crippen LogP contribution in [-0.2, 0) is 0 Å². The van der Waals surface area contributed by atoms with Gasteiger partial charge in [0.05, 0.1) is 29.1 Å². The Kier molecular flexibility index (Phi) is 3.82. The van der Waals surface area contributed by atoms with Crippen LogP contribution in [0.1, 0.15) is 17.9 Å². The van der Waals surface area contributed by atoms with E-state index in [4.69, 9.17) is 4.74 Å². The number of methoxy groups -OCH3 is 1. The molecule has 5 rings (SSSR count). The number of halogens is 1. The van der Waals surface area contributed by atoms with E-state index in [2.05, 4.69) is 44.8 Å². The highest BCUT2D eigenvalue weighted by Gasteiger charge is 2.39. The zero-order chi connectivity index (χ0) is 18.4. The van der Waals surface area contributed by atoms with Crippen LogP contribution < -0.4 is 10.1 Å². The summed E-state index contributed by atoms with van der Waals surface area (Å²) in [5, 5.41) is 11.5. The molecule has 0 amide bonds. The normalized spacial score (nSPS) is 18.6. The standard InChI is InChI=1S/C20H17FN4OS/c1-26-17-9-18-16(8-14(17)21)24-20(27-18)13-10-22-25-19(13)23-15-7-12(15)11-5-3-2-4-6-11/h2-6,8-10,12,15H,7H2,1H3,(H2,22,23,25)/t12?,15-/m0/s1. The molecule has 1 aliphatic carbocycles. The van der Waals surface area contributed by atoms with Crippen LogP contribution >= 0.6 is 11.3 Å². The van der Waals surface area contributed by atoms with E-state index in [0.29, 0.717) is 17.5 Å². The molecule has 4 aromatic rings. The van der Waals surface area contributed by atoms with Crippen LogP contribution in [0.3, 0.4) is 0 Å². The number of nitrogens with zero attached hydrogens (tertiary/aromatic N) is 2. The number of aromatic nitrogens is 3. The van der Waals surface area contributed by atoms with Crippen molar-refractivity contribution in [3.8, 4) is 16.3 Å². The minimum atomic E-state index is -0.406. The van der Waals surface area contributed by atoms with E-state index >= 15 is 0 Å². The average Bonchev–Trinajstić information content (AvgIpc) is 3.09. The molecule has 1 fully saturated rings. The Hall–Kier alpha value is -2.93. The van der Waals surface area contributed by atoms with Crippen LogP contribution in [-0.4, -0.2) is 28.3 Å². The van der Waals surface area contributed by atoms with Gasteiger partial charge in [-0.15, -0.1) is 11.3 Å². The second kappa shape index (κ2) is 6.35. The van der Waals surface area contributed by atoms with Crippen LogP contribution in [0, 0.1) is 5.82 Å². The molecule has 2 aromatic heterocycles. The van der Waals surface area contributed by atoms with Crippen molar-refractivity contribution < 1.29 is 9.13 Å². The average molecular weight is 380 g/mol. The van der Waals surface area contributed by atoms with Crippen molar-refractivity contribution in [2.45, 2.75) is 18.4 Å². The second-order valence-electron chi connectivity index (χ2n) is 6.64. The van der Waals surface area contributed by atoms with Gasteiger partial charge in [-0.05, 0) is 12.0 Å². The first-order valence-corrected chi connectivity index (χ1v) is 9.54. The van der Waals surface area contributed by atoms with E-state index in [0.717, 1.165) is 27.5 Å². The number of H-pyrrole nitrogens is 1. The minimum Gasteiger partial charge on any atom is -0.494 e. The second-order valence-corrected chi connectivity index (χ2v) is 7.67. The maximum atomic E-state index is 13.9. The van der Waals surface area contributed by atoms with E-state index in [9.17, 15) is 4.39 Å². The highest BCUT2D eigenvalue weighted by atomic mass is 32.1. The largest absolute Gasteiger partial charge is 0.494 e. The molecular formula is C20H17FN4OS. The van der Waals surface area contributed by atoms with E-state index in [1.165, 1.54) is 30.1 Å². The van der Waals surface area contributed by atoms with E-state index in [-0.39, 0.29) is 5.75 Å². The van der Waals surface area contributed by atoms with Crippen molar-refractivity contribution in [3.05, 3.63) is 60.0 Å². The maximum absolute atomic E-state index is 13.9. The minimum absolute atomic E-state index is 0.229. The van der Waals surface area contributed by atoms with Crippen LogP contribution in [0.4, 0.5) is 10.2 Å². The molecule has 1 aliphatic rings. The Morgan fingerprint density at radius 3 is 2.93 bits per heavy atom. The summed E-state index contributed by atoms with van der Waals surface area (Å²) in [5.74, 6) is 1.18. The van der Waals surface area contributed by atoms with E-state index < -0.39 is 5.82 Å². The van der Waals surface area contributed by atoms with Crippen LogP contribution in [0.2, 0.25) is 0 Å². The summed E-state index contributed by atoms with van der Waals surface area (Å²) in [4.78, 5) is 4.58. The number of fused-ring (bicyclic) bond motifs is 1. The fourth-order valence-corrected chi connectivity index (χ4v) is 4.36. The third-order valence-corrected chi connectivity index (χ3v) is 5.93. The van der Waals surface area contributed by atoms with Crippen LogP contribution in [0.15, 0.2) is 48.7 Å². The number of hydrogen-bond acceptors (Lipinski definition) is 5. The number of nitrogens with one attached hydrogen (secondary N) is 2. The Bertz CT molecular complexity index is 1110. The van der Waals surface area contributed by atoms with Gasteiger partial charge in [-0.3, -0.25) is 5.10 Å². The van der Waals surface area contributed by atoms with E-state index in [1.54, 1.807) is 12.3 Å². The van der Waals surface area contributed by atoms with Gasteiger partial charge in [-0.25, -0.2) is 9.37 Å². The molecule has 0 spiro atoms. The number of hydrogen-bond donors (Lipinski definition) is 2. The summed E-state index contributed by atoms with van der Waals surface area (Å²) >= 11 is 1.49. The molecule has 2 aromatic carbocycles. The van der Waals surface area contributed by atoms with Crippen molar-refractivity contribution in [2.24, 2.45) is 0 Å². The van der Waals surface area contributed by atoms with Crippen LogP contribution in [0.5, 0.6) is 5.75 Å². The fraction of sp³-hybridized carbons (Fsp3) is 0.200. The summed E-state index contributed by atoms with van der Waals surface area (Å²) in [7, 11) is 1.46. The van der Waals surface area contributed by atoms with Crippen molar-refractivity contribution in [1.29, 1.82) is 0 Å². The van der Waals surface area contributed by atoms with Gasteiger partial charge in [0.2, 0.25) is 0 Å². The lowest BCUT2D eigenvalue weighted by Gasteiger charge is -2.05. The Morgan fingerprint density at radius 1 is 1.26 bits per heavy atom. The van der Waals surface area contributed by atoms with Crippen molar-refractivity contribution >= 4 is 27.4 Å². The van der Waals surface area contributed by atoms with Gasteiger partial charge in [0.15, 0.2) is 11.6 Å². The summed E-state index contributed by atoms with van der Waals surface area (Å²) in [6.45, 7) is 0. The number of rotatable bonds is 5. The van der Waals surface area contributed by atoms with Crippen molar-refractivity contribution in [1.82, 2.24) is 15.2 Å². The summed E-state index contributed by atoms with van der Waals surface area (Å²) in [6.07, 6.45) is 2.85. The molecule has 0 bridgehead atoms. The van der Waals surface area contributed by atoms with Crippen molar-refractivity contribution in [2.75, 3.05) is 12.4 Å². The molecule has 0 aliphatic heterocycles. The number of benzene rings is 2. The lowest BCUT2D eigenvalue weighted by atomic mass is 10.1. The van der Waals surface area contributed by atoms with Gasteiger partial charge in [-0.1, -0.05) is 30.3 Å². The van der Waals surface area contributed by atoms with Crippen LogP contribution in [0.25, 0.3) is 20.8 Å². The topological polar surface area (TPSA) is 62.8 Å². The molecule has 7 heteroatoms. The summed E-state index contributed by atoms with van der Waals surface area (Å²) < 4.78 is 19.9. The van der Waals surface area contributed by atoms with Crippen molar-refractivity contribution in [3.63, 3.8) is 0 Å². The van der Waals surface area contributed by atoms with Gasteiger partial charge in [-0.2, -0.15) is 5.10 Å². The van der Waals surface area contributed by atoms with Gasteiger partial charge < -0.3 is 10.1 Å². The lowest BCUT2D eigenvalue weighted by Crippen LogP contribution is -2.05.